The maximum Gasteiger partial charge on any atom is 3.00 e. The van der Waals surface area contributed by atoms with Crippen molar-refractivity contribution in [1.82, 2.24) is 0 Å². The van der Waals surface area contributed by atoms with Crippen molar-refractivity contribution in [2.24, 2.45) is 32.5 Å². The molecule has 0 fully saturated rings. The van der Waals surface area contributed by atoms with Crippen molar-refractivity contribution < 1.29 is 71.2 Å². The van der Waals surface area contributed by atoms with Crippen LogP contribution in [0.1, 0.15) is 125 Å². The minimum absolute atomic E-state index is 0. The van der Waals surface area contributed by atoms with E-state index in [4.69, 9.17) is 0 Å². The van der Waals surface area contributed by atoms with Gasteiger partial charge in [-0.15, -0.1) is 17.3 Å². The molecule has 0 N–H and O–H groups in total. The smallest absolute Gasteiger partial charge is 0.875 e. The van der Waals surface area contributed by atoms with Gasteiger partial charge in [-0.25, -0.2) is 0 Å². The molecular formula is C35H63ErO7S. The molecule has 263 valence electrons. The Balaban J connectivity index is -0.000000161. The Morgan fingerprint density at radius 2 is 0.523 bits per heavy atom. The summed E-state index contributed by atoms with van der Waals surface area (Å²) in [6.45, 7) is 32.5. The zero-order valence-electron chi connectivity index (χ0n) is 31.3. The van der Waals surface area contributed by atoms with E-state index in [0.717, 1.165) is 0 Å². The molecule has 0 aromatic carbocycles. The third kappa shape index (κ3) is 29.7. The largest absolute Gasteiger partial charge is 3.00 e. The van der Waals surface area contributed by atoms with Crippen LogP contribution >= 0.6 is 0 Å². The molecule has 0 aliphatic heterocycles. The van der Waals surface area contributed by atoms with Gasteiger partial charge in [0.2, 0.25) is 0 Å². The monoisotopic (exact) mass is 793 g/mol. The predicted molar refractivity (Wildman–Crippen MR) is 176 cm³/mol. The van der Waals surface area contributed by atoms with Crippen LogP contribution in [0.2, 0.25) is 0 Å². The Morgan fingerprint density at radius 3 is 0.591 bits per heavy atom. The fraction of sp³-hybridized carbons (Fsp3) is 0.743. The molecule has 0 saturated heterocycles. The fourth-order valence-electron chi connectivity index (χ4n) is 1.66. The normalized spacial score (nSPS) is 13.6. The number of rotatable bonds is 3. The van der Waals surface area contributed by atoms with Gasteiger partial charge in [0.25, 0.3) is 0 Å². The summed E-state index contributed by atoms with van der Waals surface area (Å²) >= 11 is 0. The number of ketones is 3. The topological polar surface area (TPSA) is 137 Å². The van der Waals surface area contributed by atoms with Crippen LogP contribution < -0.4 is 15.3 Å². The summed E-state index contributed by atoms with van der Waals surface area (Å²) in [7, 11) is -0.611. The molecule has 0 aliphatic rings. The molecule has 9 heteroatoms. The van der Waals surface area contributed by atoms with Gasteiger partial charge in [0.1, 0.15) is 0 Å². The summed E-state index contributed by atoms with van der Waals surface area (Å²) in [4.78, 5) is 34.3. The van der Waals surface area contributed by atoms with Crippen molar-refractivity contribution >= 4 is 28.1 Å². The van der Waals surface area contributed by atoms with E-state index >= 15 is 0 Å². The van der Waals surface area contributed by atoms with E-state index < -0.39 is 43.3 Å². The summed E-state index contributed by atoms with van der Waals surface area (Å²) in [6, 6.07) is 0. The summed E-state index contributed by atoms with van der Waals surface area (Å²) < 4.78 is 9.56. The molecule has 0 aromatic heterocycles. The number of carbonyl (C=O) groups is 3. The van der Waals surface area contributed by atoms with Gasteiger partial charge in [0.05, 0.1) is 0 Å². The van der Waals surface area contributed by atoms with Crippen LogP contribution in [0.15, 0.2) is 35.5 Å². The minimum Gasteiger partial charge on any atom is -0.875 e. The van der Waals surface area contributed by atoms with Gasteiger partial charge >= 0.3 is 37.3 Å². The van der Waals surface area contributed by atoms with E-state index in [9.17, 15) is 33.9 Å². The third-order valence-corrected chi connectivity index (χ3v) is 5.22. The maximum atomic E-state index is 11.4. The average molecular weight is 795 g/mol. The van der Waals surface area contributed by atoms with Crippen molar-refractivity contribution in [2.75, 3.05) is 12.5 Å². The van der Waals surface area contributed by atoms with E-state index in [-0.39, 0.29) is 71.9 Å². The van der Waals surface area contributed by atoms with Gasteiger partial charge in [-0.05, 0) is 34.5 Å². The zero-order chi connectivity index (χ0) is 36.2. The van der Waals surface area contributed by atoms with Gasteiger partial charge in [0, 0.05) is 39.6 Å². The third-order valence-electron chi connectivity index (χ3n) is 5.22. The summed E-state index contributed by atoms with van der Waals surface area (Å²) in [5, 5.41) is 34.3. The van der Waals surface area contributed by atoms with E-state index in [1.54, 1.807) is 12.5 Å². The molecule has 0 spiro atoms. The van der Waals surface area contributed by atoms with E-state index in [1.807, 2.05) is 125 Å². The van der Waals surface area contributed by atoms with Crippen LogP contribution in [0.4, 0.5) is 0 Å². The van der Waals surface area contributed by atoms with Crippen molar-refractivity contribution in [2.45, 2.75) is 125 Å². The summed E-state index contributed by atoms with van der Waals surface area (Å²) in [5.74, 6) is -0.625. The SMILES string of the molecule is CC(C)(C)C(=O)/C=C(\[O-])C(C)(C)C.CC(C)(C)C(=O)/C=C(\[O-])C(C)(C)C.CC(C)(C)C(=O)/C=C(\[O-])C(C)(C)C.CS(C)=O.[Er+3]. The van der Waals surface area contributed by atoms with Crippen molar-refractivity contribution in [3.05, 3.63) is 35.5 Å². The second-order valence-electron chi connectivity index (χ2n) is 16.9. The summed E-state index contributed by atoms with van der Waals surface area (Å²) in [6.07, 6.45) is 6.94. The van der Waals surface area contributed by atoms with Crippen LogP contribution in [0.5, 0.6) is 0 Å². The van der Waals surface area contributed by atoms with Crippen LogP contribution in [0.25, 0.3) is 0 Å². The Kier molecular flexibility index (Phi) is 24.3. The summed E-state index contributed by atoms with van der Waals surface area (Å²) in [5.41, 5.74) is -2.74. The zero-order valence-corrected chi connectivity index (χ0v) is 34.0. The molecule has 0 heterocycles. The standard InChI is InChI=1S/3C11H20O2.C2H6OS.Er/c3*1-10(2,3)8(12)7-9(13)11(4,5)6;1-4(2)3;/h3*7,12H,1-6H3;1-2H3;/q;;;;+3/p-3/b3*8-7-;;. The number of carbonyl (C=O) groups excluding carboxylic acids is 3. The number of allylic oxidation sites excluding steroid dienone is 6. The maximum absolute atomic E-state index is 11.4. The molecule has 44 heavy (non-hydrogen) atoms. The second-order valence-corrected chi connectivity index (χ2v) is 18.3. The van der Waals surface area contributed by atoms with Gasteiger partial charge in [0.15, 0.2) is 17.3 Å². The van der Waals surface area contributed by atoms with E-state index in [2.05, 4.69) is 0 Å². The molecule has 1 radical (unpaired) electrons. The first-order valence-corrected chi connectivity index (χ1v) is 16.4. The molecule has 0 saturated carbocycles. The van der Waals surface area contributed by atoms with E-state index in [0.29, 0.717) is 0 Å². The molecule has 0 aliphatic carbocycles. The number of hydrogen-bond donors (Lipinski definition) is 0. The van der Waals surface area contributed by atoms with Gasteiger partial charge in [-0.2, -0.15) is 0 Å². The van der Waals surface area contributed by atoms with Crippen LogP contribution in [-0.2, 0) is 25.2 Å². The quantitative estimate of drug-likeness (QED) is 0.265. The molecule has 0 aromatic rings. The first-order chi connectivity index (χ1) is 18.4. The predicted octanol–water partition coefficient (Wildman–Crippen LogP) is 5.67. The van der Waals surface area contributed by atoms with Crippen molar-refractivity contribution in [3.63, 3.8) is 0 Å². The first kappa shape index (κ1) is 52.6. The Morgan fingerprint density at radius 1 is 0.409 bits per heavy atom. The Hall–Kier alpha value is -0.973. The van der Waals surface area contributed by atoms with Gasteiger partial charge < -0.3 is 15.3 Å². The van der Waals surface area contributed by atoms with E-state index in [1.165, 1.54) is 18.2 Å². The van der Waals surface area contributed by atoms with Gasteiger partial charge in [-0.1, -0.05) is 125 Å². The molecule has 0 atom stereocenters. The van der Waals surface area contributed by atoms with Crippen LogP contribution in [-0.4, -0.2) is 34.1 Å². The average Bonchev–Trinajstić information content (AvgIpc) is 2.69. The molecule has 0 rings (SSSR count). The molecule has 0 bridgehead atoms. The first-order valence-electron chi connectivity index (χ1n) is 14.4. The molecular weight excluding hydrogens is 732 g/mol. The Bertz CT molecular complexity index is 896. The Labute approximate surface area is 302 Å². The second kappa shape index (κ2) is 20.3. The van der Waals surface area contributed by atoms with Crippen LogP contribution in [0, 0.1) is 69.8 Å². The van der Waals surface area contributed by atoms with Gasteiger partial charge in [-0.3, -0.25) is 18.6 Å². The van der Waals surface area contributed by atoms with Crippen LogP contribution in [0.3, 0.4) is 0 Å². The molecule has 0 amide bonds. The minimum atomic E-state index is -0.611. The number of hydrogen-bond acceptors (Lipinski definition) is 7. The van der Waals surface area contributed by atoms with Crippen molar-refractivity contribution in [3.8, 4) is 0 Å². The molecule has 0 unspecified atom stereocenters. The molecule has 7 nitrogen and oxygen atoms in total. The van der Waals surface area contributed by atoms with Crippen molar-refractivity contribution in [1.29, 1.82) is 0 Å². The fourth-order valence-corrected chi connectivity index (χ4v) is 1.66.